The molecule has 6 nitrogen and oxygen atoms in total. The van der Waals surface area contributed by atoms with E-state index >= 15 is 0 Å². The first kappa shape index (κ1) is 15.4. The molecule has 0 radical (unpaired) electrons. The molecule has 0 spiro atoms. The number of nitro groups is 1. The Kier molecular flexibility index (Phi) is 5.21. The van der Waals surface area contributed by atoms with E-state index in [0.29, 0.717) is 12.5 Å². The van der Waals surface area contributed by atoms with E-state index in [1.54, 1.807) is 0 Å². The molecule has 2 rings (SSSR count). The molecule has 1 atom stereocenters. The fourth-order valence-electron chi connectivity index (χ4n) is 2.50. The summed E-state index contributed by atoms with van der Waals surface area (Å²) in [6.45, 7) is 2.43. The highest BCUT2D eigenvalue weighted by molar-refractivity contribution is 5.98. The lowest BCUT2D eigenvalue weighted by Crippen LogP contribution is -2.33. The van der Waals surface area contributed by atoms with Gasteiger partial charge in [0.1, 0.15) is 11.4 Å². The first-order valence-electron chi connectivity index (χ1n) is 7.01. The molecular formula is C14H18FN3O3. The fraction of sp³-hybridized carbons (Fsp3) is 0.500. The zero-order chi connectivity index (χ0) is 15.2. The topological polar surface area (TPSA) is 84.3 Å². The number of piperidine rings is 1. The fourth-order valence-corrected chi connectivity index (χ4v) is 2.50. The summed E-state index contributed by atoms with van der Waals surface area (Å²) in [5, 5.41) is 16.8. The molecule has 0 saturated carbocycles. The van der Waals surface area contributed by atoms with Gasteiger partial charge in [-0.05, 0) is 50.4 Å². The van der Waals surface area contributed by atoms with Crippen LogP contribution in [0.4, 0.5) is 10.1 Å². The highest BCUT2D eigenvalue weighted by atomic mass is 19.1. The van der Waals surface area contributed by atoms with Crippen molar-refractivity contribution in [3.63, 3.8) is 0 Å². The molecule has 1 aliphatic rings. The predicted octanol–water partition coefficient (Wildman–Crippen LogP) is 1.85. The number of rotatable bonds is 5. The number of nitrogens with one attached hydrogen (secondary N) is 2. The smallest absolute Gasteiger partial charge is 0.285 e. The molecule has 1 aliphatic heterocycles. The van der Waals surface area contributed by atoms with Gasteiger partial charge in [-0.25, -0.2) is 4.39 Å². The van der Waals surface area contributed by atoms with Crippen LogP contribution in [0.15, 0.2) is 18.2 Å². The van der Waals surface area contributed by atoms with Crippen LogP contribution in [0.5, 0.6) is 0 Å². The van der Waals surface area contributed by atoms with E-state index in [4.69, 9.17) is 0 Å². The molecule has 1 unspecified atom stereocenters. The summed E-state index contributed by atoms with van der Waals surface area (Å²) in [6, 6.07) is 2.96. The summed E-state index contributed by atoms with van der Waals surface area (Å²) in [6.07, 6.45) is 3.08. The Bertz CT molecular complexity index is 530. The van der Waals surface area contributed by atoms with Crippen molar-refractivity contribution in [2.75, 3.05) is 19.6 Å². The highest BCUT2D eigenvalue weighted by Gasteiger charge is 2.21. The normalized spacial score (nSPS) is 18.2. The van der Waals surface area contributed by atoms with Gasteiger partial charge in [0.2, 0.25) is 0 Å². The van der Waals surface area contributed by atoms with Gasteiger partial charge in [0.15, 0.2) is 0 Å². The number of carbonyl (C=O) groups is 1. The van der Waals surface area contributed by atoms with Crippen LogP contribution in [0.3, 0.4) is 0 Å². The maximum atomic E-state index is 13.0. The lowest BCUT2D eigenvalue weighted by Gasteiger charge is -2.22. The first-order chi connectivity index (χ1) is 10.1. The molecule has 1 aromatic carbocycles. The van der Waals surface area contributed by atoms with Crippen molar-refractivity contribution < 1.29 is 14.1 Å². The van der Waals surface area contributed by atoms with Crippen LogP contribution in [-0.2, 0) is 0 Å². The third-order valence-corrected chi connectivity index (χ3v) is 3.64. The van der Waals surface area contributed by atoms with Crippen molar-refractivity contribution >= 4 is 11.6 Å². The Morgan fingerprint density at radius 1 is 1.52 bits per heavy atom. The van der Waals surface area contributed by atoms with Crippen LogP contribution in [-0.4, -0.2) is 30.5 Å². The Balaban J connectivity index is 1.92. The van der Waals surface area contributed by atoms with Crippen LogP contribution in [0.1, 0.15) is 29.6 Å². The average Bonchev–Trinajstić information content (AvgIpc) is 2.48. The second-order valence-corrected chi connectivity index (χ2v) is 5.18. The lowest BCUT2D eigenvalue weighted by molar-refractivity contribution is -0.385. The molecule has 1 aromatic rings. The average molecular weight is 295 g/mol. The van der Waals surface area contributed by atoms with Gasteiger partial charge >= 0.3 is 0 Å². The molecule has 0 bridgehead atoms. The molecule has 1 saturated heterocycles. The van der Waals surface area contributed by atoms with E-state index < -0.39 is 22.3 Å². The number of carbonyl (C=O) groups excluding carboxylic acids is 1. The monoisotopic (exact) mass is 295 g/mol. The third kappa shape index (κ3) is 4.22. The Morgan fingerprint density at radius 2 is 2.33 bits per heavy atom. The summed E-state index contributed by atoms with van der Waals surface area (Å²) in [7, 11) is 0. The quantitative estimate of drug-likeness (QED) is 0.641. The van der Waals surface area contributed by atoms with Crippen molar-refractivity contribution in [2.24, 2.45) is 5.92 Å². The number of nitro benzene ring substituents is 1. The molecule has 2 N–H and O–H groups in total. The number of halogens is 1. The number of nitrogens with zero attached hydrogens (tertiary/aromatic N) is 1. The zero-order valence-electron chi connectivity index (χ0n) is 11.6. The van der Waals surface area contributed by atoms with E-state index in [1.165, 1.54) is 0 Å². The van der Waals surface area contributed by atoms with Crippen LogP contribution < -0.4 is 10.6 Å². The van der Waals surface area contributed by atoms with E-state index in [1.807, 2.05) is 0 Å². The SMILES string of the molecule is O=C(NCCC1CCCNC1)c1ccc(F)cc1[N+](=O)[O-]. The minimum atomic E-state index is -0.747. The van der Waals surface area contributed by atoms with Gasteiger partial charge in [-0.1, -0.05) is 0 Å². The van der Waals surface area contributed by atoms with Gasteiger partial charge in [-0.15, -0.1) is 0 Å². The van der Waals surface area contributed by atoms with Gasteiger partial charge in [-0.2, -0.15) is 0 Å². The second kappa shape index (κ2) is 7.12. The molecule has 0 aliphatic carbocycles. The number of benzene rings is 1. The molecule has 7 heteroatoms. The highest BCUT2D eigenvalue weighted by Crippen LogP contribution is 2.20. The minimum Gasteiger partial charge on any atom is -0.352 e. The van der Waals surface area contributed by atoms with Crippen LogP contribution in [0.2, 0.25) is 0 Å². The van der Waals surface area contributed by atoms with Gasteiger partial charge < -0.3 is 10.6 Å². The molecule has 0 aromatic heterocycles. The van der Waals surface area contributed by atoms with E-state index in [2.05, 4.69) is 10.6 Å². The number of hydrogen-bond donors (Lipinski definition) is 2. The zero-order valence-corrected chi connectivity index (χ0v) is 11.6. The molecule has 1 fully saturated rings. The van der Waals surface area contributed by atoms with Gasteiger partial charge in [-0.3, -0.25) is 14.9 Å². The van der Waals surface area contributed by atoms with E-state index in [9.17, 15) is 19.3 Å². The summed E-state index contributed by atoms with van der Waals surface area (Å²) < 4.78 is 13.0. The number of hydrogen-bond acceptors (Lipinski definition) is 4. The molecule has 21 heavy (non-hydrogen) atoms. The largest absolute Gasteiger partial charge is 0.352 e. The standard InChI is InChI=1S/C14H18FN3O3/c15-11-3-4-12(13(8-11)18(20)21)14(19)17-7-5-10-2-1-6-16-9-10/h3-4,8,10,16H,1-2,5-7,9H2,(H,17,19). The van der Waals surface area contributed by atoms with Crippen molar-refractivity contribution in [1.82, 2.24) is 10.6 Å². The Morgan fingerprint density at radius 3 is 3.00 bits per heavy atom. The van der Waals surface area contributed by atoms with Gasteiger partial charge in [0.25, 0.3) is 11.6 Å². The molecule has 1 amide bonds. The van der Waals surface area contributed by atoms with E-state index in [0.717, 1.165) is 50.6 Å². The van der Waals surface area contributed by atoms with Crippen LogP contribution in [0.25, 0.3) is 0 Å². The predicted molar refractivity (Wildman–Crippen MR) is 75.6 cm³/mol. The van der Waals surface area contributed by atoms with Crippen molar-refractivity contribution in [1.29, 1.82) is 0 Å². The van der Waals surface area contributed by atoms with Crippen molar-refractivity contribution in [2.45, 2.75) is 19.3 Å². The van der Waals surface area contributed by atoms with Crippen molar-refractivity contribution in [3.05, 3.63) is 39.7 Å². The van der Waals surface area contributed by atoms with Crippen LogP contribution >= 0.6 is 0 Å². The maximum absolute atomic E-state index is 13.0. The summed E-state index contributed by atoms with van der Waals surface area (Å²) in [4.78, 5) is 22.1. The Hall–Kier alpha value is -2.02. The maximum Gasteiger partial charge on any atom is 0.285 e. The Labute approximate surface area is 121 Å². The summed E-state index contributed by atoms with van der Waals surface area (Å²) in [5.74, 6) is -0.751. The van der Waals surface area contributed by atoms with Crippen molar-refractivity contribution in [3.8, 4) is 0 Å². The first-order valence-corrected chi connectivity index (χ1v) is 7.01. The summed E-state index contributed by atoms with van der Waals surface area (Å²) in [5.41, 5.74) is -0.616. The van der Waals surface area contributed by atoms with Gasteiger partial charge in [0.05, 0.1) is 11.0 Å². The molecule has 1 heterocycles. The molecule has 114 valence electrons. The summed E-state index contributed by atoms with van der Waals surface area (Å²) >= 11 is 0. The van der Waals surface area contributed by atoms with Crippen LogP contribution in [0, 0.1) is 21.8 Å². The third-order valence-electron chi connectivity index (χ3n) is 3.64. The van der Waals surface area contributed by atoms with Gasteiger partial charge in [0, 0.05) is 6.54 Å². The molecular weight excluding hydrogens is 277 g/mol. The minimum absolute atomic E-state index is 0.108. The second-order valence-electron chi connectivity index (χ2n) is 5.18. The van der Waals surface area contributed by atoms with E-state index in [-0.39, 0.29) is 5.56 Å². The number of amides is 1. The lowest BCUT2D eigenvalue weighted by atomic mass is 9.96.